The highest BCUT2D eigenvalue weighted by Gasteiger charge is 2.04. The Morgan fingerprint density at radius 1 is 0.933 bits per heavy atom. The minimum atomic E-state index is 1.18. The quantitative estimate of drug-likeness (QED) is 0.558. The summed E-state index contributed by atoms with van der Waals surface area (Å²) in [7, 11) is 0. The van der Waals surface area contributed by atoms with Crippen molar-refractivity contribution in [3.05, 3.63) is 60.0 Å². The van der Waals surface area contributed by atoms with Gasteiger partial charge in [0.25, 0.3) is 0 Å². The van der Waals surface area contributed by atoms with Crippen LogP contribution in [-0.4, -0.2) is 0 Å². The van der Waals surface area contributed by atoms with Gasteiger partial charge in [-0.25, -0.2) is 0 Å². The number of fused-ring (bicyclic) bond motifs is 1. The lowest BCUT2D eigenvalue weighted by Crippen LogP contribution is -1.73. The highest BCUT2D eigenvalue weighted by Crippen LogP contribution is 2.33. The maximum Gasteiger partial charge on any atom is 0.0349 e. The molecule has 0 aliphatic heterocycles. The first-order valence-corrected chi connectivity index (χ1v) is 5.76. The van der Waals surface area contributed by atoms with Gasteiger partial charge in [0.15, 0.2) is 0 Å². The van der Waals surface area contributed by atoms with Crippen molar-refractivity contribution in [2.75, 3.05) is 0 Å². The largest absolute Gasteiger partial charge is 0.143 e. The van der Waals surface area contributed by atoms with E-state index in [0.717, 1.165) is 0 Å². The Kier molecular flexibility index (Phi) is 2.04. The zero-order chi connectivity index (χ0) is 10.1. The highest BCUT2D eigenvalue weighted by molar-refractivity contribution is 7.17. The summed E-state index contributed by atoms with van der Waals surface area (Å²) in [6.45, 7) is 0. The summed E-state index contributed by atoms with van der Waals surface area (Å²) in [6, 6.07) is 19.9. The lowest BCUT2D eigenvalue weighted by Gasteiger charge is -1.97. The van der Waals surface area contributed by atoms with Crippen molar-refractivity contribution in [1.29, 1.82) is 0 Å². The topological polar surface area (TPSA) is 0 Å². The van der Waals surface area contributed by atoms with Crippen molar-refractivity contribution in [1.82, 2.24) is 0 Å². The van der Waals surface area contributed by atoms with E-state index in [9.17, 15) is 0 Å². The summed E-state index contributed by atoms with van der Waals surface area (Å²) >= 11 is 1.79. The summed E-state index contributed by atoms with van der Waals surface area (Å²) < 4.78 is 1.34. The van der Waals surface area contributed by atoms with Crippen LogP contribution >= 0.6 is 11.3 Å². The Hall–Kier alpha value is -1.60. The number of thiophene rings is 1. The van der Waals surface area contributed by atoms with Crippen LogP contribution in [-0.2, 0) is 0 Å². The molecule has 0 spiro atoms. The van der Waals surface area contributed by atoms with Crippen LogP contribution in [0.15, 0.2) is 53.9 Å². The summed E-state index contributed by atoms with van der Waals surface area (Å²) in [5.41, 5.74) is 2.46. The van der Waals surface area contributed by atoms with Gasteiger partial charge in [-0.1, -0.05) is 42.5 Å². The van der Waals surface area contributed by atoms with E-state index >= 15 is 0 Å². The maximum absolute atomic E-state index is 3.27. The molecule has 2 aromatic carbocycles. The Morgan fingerprint density at radius 2 is 1.80 bits per heavy atom. The highest BCUT2D eigenvalue weighted by atomic mass is 32.1. The average molecular weight is 209 g/mol. The van der Waals surface area contributed by atoms with Gasteiger partial charge in [0.2, 0.25) is 0 Å². The van der Waals surface area contributed by atoms with Crippen molar-refractivity contribution in [3.63, 3.8) is 0 Å². The van der Waals surface area contributed by atoms with Crippen LogP contribution in [0.25, 0.3) is 21.2 Å². The molecule has 0 amide bonds. The summed E-state index contributed by atoms with van der Waals surface area (Å²) in [6.07, 6.45) is 0. The molecule has 0 unspecified atom stereocenters. The molecule has 0 saturated heterocycles. The fourth-order valence-electron chi connectivity index (χ4n) is 1.75. The molecule has 0 nitrogen and oxygen atoms in total. The van der Waals surface area contributed by atoms with E-state index in [1.165, 1.54) is 21.2 Å². The molecular weight excluding hydrogens is 200 g/mol. The summed E-state index contributed by atoms with van der Waals surface area (Å²) in [5.74, 6) is 0. The molecule has 0 bridgehead atoms. The second-order valence-electron chi connectivity index (χ2n) is 3.42. The normalized spacial score (nSPS) is 10.7. The molecule has 0 aliphatic carbocycles. The molecular formula is C14H9S. The molecule has 0 aliphatic rings. The molecule has 0 saturated carbocycles. The van der Waals surface area contributed by atoms with E-state index in [1.54, 1.807) is 11.3 Å². The van der Waals surface area contributed by atoms with Gasteiger partial charge in [0.05, 0.1) is 0 Å². The fourth-order valence-corrected chi connectivity index (χ4v) is 2.71. The van der Waals surface area contributed by atoms with Crippen LogP contribution in [0, 0.1) is 6.07 Å². The monoisotopic (exact) mass is 209 g/mol. The zero-order valence-corrected chi connectivity index (χ0v) is 8.92. The maximum atomic E-state index is 3.27. The molecule has 1 heterocycles. The average Bonchev–Trinajstić information content (AvgIpc) is 2.74. The van der Waals surface area contributed by atoms with Crippen molar-refractivity contribution in [3.8, 4) is 11.1 Å². The molecule has 71 valence electrons. The van der Waals surface area contributed by atoms with Crippen LogP contribution in [0.4, 0.5) is 0 Å². The van der Waals surface area contributed by atoms with E-state index in [4.69, 9.17) is 0 Å². The third-order valence-electron chi connectivity index (χ3n) is 2.48. The first-order chi connectivity index (χ1) is 7.45. The molecule has 3 rings (SSSR count). The number of rotatable bonds is 1. The molecule has 3 aromatic rings. The minimum absolute atomic E-state index is 1.18. The number of hydrogen-bond acceptors (Lipinski definition) is 1. The van der Waals surface area contributed by atoms with Crippen LogP contribution < -0.4 is 0 Å². The minimum Gasteiger partial charge on any atom is -0.143 e. The van der Waals surface area contributed by atoms with Crippen molar-refractivity contribution < 1.29 is 0 Å². The van der Waals surface area contributed by atoms with E-state index in [2.05, 4.69) is 47.8 Å². The zero-order valence-electron chi connectivity index (χ0n) is 8.10. The van der Waals surface area contributed by atoms with Gasteiger partial charge in [-0.05, 0) is 23.1 Å². The van der Waals surface area contributed by atoms with E-state index in [-0.39, 0.29) is 0 Å². The van der Waals surface area contributed by atoms with Gasteiger partial charge in [-0.15, -0.1) is 11.3 Å². The molecule has 1 heteroatoms. The predicted octanol–water partition coefficient (Wildman–Crippen LogP) is 4.37. The third kappa shape index (κ3) is 1.45. The molecule has 0 fully saturated rings. The Morgan fingerprint density at radius 3 is 2.67 bits per heavy atom. The summed E-state index contributed by atoms with van der Waals surface area (Å²) in [5, 5.41) is 3.53. The fraction of sp³-hybridized carbons (Fsp3) is 0. The van der Waals surface area contributed by atoms with Crippen LogP contribution in [0.3, 0.4) is 0 Å². The SMILES string of the molecule is [c]1ccccc1-c1csc2ccccc12. The lowest BCUT2D eigenvalue weighted by atomic mass is 10.1. The van der Waals surface area contributed by atoms with Gasteiger partial charge < -0.3 is 0 Å². The number of hydrogen-bond donors (Lipinski definition) is 0. The first-order valence-electron chi connectivity index (χ1n) is 4.88. The summed E-state index contributed by atoms with van der Waals surface area (Å²) in [4.78, 5) is 0. The first kappa shape index (κ1) is 8.69. The van der Waals surface area contributed by atoms with E-state index in [0.29, 0.717) is 0 Å². The standard InChI is InChI=1S/C14H9S/c1-2-6-11(7-3-1)13-10-15-14-9-5-4-8-12(13)14/h1-6,8-10H. The van der Waals surface area contributed by atoms with Gasteiger partial charge in [-0.3, -0.25) is 0 Å². The van der Waals surface area contributed by atoms with E-state index < -0.39 is 0 Å². The van der Waals surface area contributed by atoms with Crippen LogP contribution in [0.1, 0.15) is 0 Å². The number of benzene rings is 2. The predicted molar refractivity (Wildman–Crippen MR) is 66.1 cm³/mol. The van der Waals surface area contributed by atoms with Crippen molar-refractivity contribution in [2.45, 2.75) is 0 Å². The van der Waals surface area contributed by atoms with Crippen LogP contribution in [0.2, 0.25) is 0 Å². The van der Waals surface area contributed by atoms with Crippen molar-refractivity contribution >= 4 is 21.4 Å². The smallest absolute Gasteiger partial charge is 0.0349 e. The van der Waals surface area contributed by atoms with Crippen LogP contribution in [0.5, 0.6) is 0 Å². The van der Waals surface area contributed by atoms with Gasteiger partial charge in [-0.2, -0.15) is 0 Å². The van der Waals surface area contributed by atoms with Gasteiger partial charge in [0.1, 0.15) is 0 Å². The van der Waals surface area contributed by atoms with Gasteiger partial charge in [0, 0.05) is 15.6 Å². The van der Waals surface area contributed by atoms with Crippen molar-refractivity contribution in [2.24, 2.45) is 0 Å². The molecule has 15 heavy (non-hydrogen) atoms. The second kappa shape index (κ2) is 3.52. The molecule has 1 aromatic heterocycles. The Bertz CT molecular complexity index is 578. The molecule has 0 N–H and O–H groups in total. The van der Waals surface area contributed by atoms with Gasteiger partial charge >= 0.3 is 0 Å². The third-order valence-corrected chi connectivity index (χ3v) is 3.44. The second-order valence-corrected chi connectivity index (χ2v) is 4.33. The lowest BCUT2D eigenvalue weighted by molar-refractivity contribution is 1.67. The Labute approximate surface area is 92.8 Å². The molecule has 1 radical (unpaired) electrons. The molecule has 0 atom stereocenters. The Balaban J connectivity index is 2.28. The van der Waals surface area contributed by atoms with E-state index in [1.807, 2.05) is 12.1 Å².